The number of aromatic nitrogens is 2. The zero-order valence-corrected chi connectivity index (χ0v) is 21.0. The summed E-state index contributed by atoms with van der Waals surface area (Å²) in [4.78, 5) is 28.0. The van der Waals surface area contributed by atoms with Gasteiger partial charge in [0.1, 0.15) is 5.82 Å². The molecule has 1 amide bonds. The van der Waals surface area contributed by atoms with E-state index in [-0.39, 0.29) is 30.0 Å². The summed E-state index contributed by atoms with van der Waals surface area (Å²) in [5.74, 6) is 2.35. The lowest BCUT2D eigenvalue weighted by Gasteiger charge is -2.39. The van der Waals surface area contributed by atoms with Crippen LogP contribution in [0.1, 0.15) is 38.4 Å². The molecule has 0 aliphatic carbocycles. The molecule has 1 N–H and O–H groups in total. The highest BCUT2D eigenvalue weighted by atomic mass is 127. The van der Waals surface area contributed by atoms with Crippen LogP contribution in [0.3, 0.4) is 0 Å². The second-order valence-electron chi connectivity index (χ2n) is 8.08. The van der Waals surface area contributed by atoms with Gasteiger partial charge < -0.3 is 19.7 Å². The van der Waals surface area contributed by atoms with Crippen molar-refractivity contribution < 1.29 is 4.79 Å². The average molecular weight is 531 g/mol. The molecule has 1 unspecified atom stereocenters. The summed E-state index contributed by atoms with van der Waals surface area (Å²) in [6, 6.07) is -0.0168. The molecule has 0 spiro atoms. The number of piperazine rings is 1. The highest BCUT2D eigenvalue weighted by Gasteiger charge is 2.30. The molecular weight excluding hydrogens is 493 g/mol. The maximum atomic E-state index is 12.7. The minimum atomic E-state index is -0.0168. The van der Waals surface area contributed by atoms with Crippen molar-refractivity contribution >= 4 is 35.8 Å². The first-order valence-electron chi connectivity index (χ1n) is 11.1. The lowest BCUT2D eigenvalue weighted by molar-refractivity contribution is -0.135. The van der Waals surface area contributed by atoms with Gasteiger partial charge in [-0.15, -0.1) is 24.0 Å². The van der Waals surface area contributed by atoms with E-state index in [2.05, 4.69) is 36.6 Å². The molecule has 0 radical (unpaired) electrons. The first kappa shape index (κ1) is 24.9. The Morgan fingerprint density at radius 3 is 2.43 bits per heavy atom. The van der Waals surface area contributed by atoms with Gasteiger partial charge in [0, 0.05) is 71.8 Å². The van der Waals surface area contributed by atoms with Crippen molar-refractivity contribution in [1.82, 2.24) is 29.6 Å². The number of likely N-dealkylation sites (tertiary alicyclic amines) is 1. The van der Waals surface area contributed by atoms with Gasteiger partial charge in [-0.25, -0.2) is 4.98 Å². The van der Waals surface area contributed by atoms with Crippen LogP contribution in [0, 0.1) is 6.92 Å². The van der Waals surface area contributed by atoms with E-state index in [9.17, 15) is 4.79 Å². The molecule has 0 saturated carbocycles. The van der Waals surface area contributed by atoms with Crippen LogP contribution in [0.2, 0.25) is 0 Å². The summed E-state index contributed by atoms with van der Waals surface area (Å²) in [5.41, 5.74) is 0. The number of rotatable bonds is 7. The number of hydrogen-bond donors (Lipinski definition) is 1. The highest BCUT2D eigenvalue weighted by molar-refractivity contribution is 14.0. The number of aryl methyl sites for hydroxylation is 2. The van der Waals surface area contributed by atoms with Crippen LogP contribution in [0.25, 0.3) is 0 Å². The molecule has 1 atom stereocenters. The van der Waals surface area contributed by atoms with Crippen LogP contribution in [-0.2, 0) is 11.3 Å². The summed E-state index contributed by atoms with van der Waals surface area (Å²) in [6.07, 6.45) is 8.40. The Balaban J connectivity index is 0.00000320. The molecule has 1 aromatic rings. The molecule has 1 aromatic heterocycles. The molecule has 2 fully saturated rings. The predicted molar refractivity (Wildman–Crippen MR) is 131 cm³/mol. The van der Waals surface area contributed by atoms with Crippen LogP contribution in [-0.4, -0.2) is 95.0 Å². The van der Waals surface area contributed by atoms with Gasteiger partial charge in [-0.3, -0.25) is 14.7 Å². The largest absolute Gasteiger partial charge is 0.356 e. The first-order valence-corrected chi connectivity index (χ1v) is 11.1. The molecule has 8 nitrogen and oxygen atoms in total. The van der Waals surface area contributed by atoms with Gasteiger partial charge >= 0.3 is 0 Å². The Hall–Kier alpha value is -1.36. The van der Waals surface area contributed by atoms with Crippen molar-refractivity contribution in [2.75, 3.05) is 52.9 Å². The van der Waals surface area contributed by atoms with Crippen molar-refractivity contribution in [1.29, 1.82) is 0 Å². The fourth-order valence-electron chi connectivity index (χ4n) is 4.26. The second-order valence-corrected chi connectivity index (χ2v) is 8.08. The summed E-state index contributed by atoms with van der Waals surface area (Å²) < 4.78 is 2.19. The van der Waals surface area contributed by atoms with E-state index in [1.54, 1.807) is 0 Å². The summed E-state index contributed by atoms with van der Waals surface area (Å²) in [6.45, 7) is 11.5. The molecular formula is C21H38IN7O. The topological polar surface area (TPSA) is 69.0 Å². The minimum absolute atomic E-state index is 0. The van der Waals surface area contributed by atoms with Crippen molar-refractivity contribution in [3.05, 3.63) is 18.2 Å². The third-order valence-electron chi connectivity index (χ3n) is 6.18. The predicted octanol–water partition coefficient (Wildman–Crippen LogP) is 1.79. The monoisotopic (exact) mass is 531 g/mol. The number of unbranched alkanes of at least 4 members (excludes halogenated alkanes) is 1. The van der Waals surface area contributed by atoms with E-state index in [0.717, 1.165) is 89.8 Å². The summed E-state index contributed by atoms with van der Waals surface area (Å²) in [5, 5.41) is 3.50. The fraction of sp³-hybridized carbons (Fsp3) is 0.762. The molecule has 2 aliphatic heterocycles. The highest BCUT2D eigenvalue weighted by Crippen LogP contribution is 2.14. The van der Waals surface area contributed by atoms with Crippen molar-refractivity contribution in [2.24, 2.45) is 4.99 Å². The Kier molecular flexibility index (Phi) is 10.4. The van der Waals surface area contributed by atoms with Crippen molar-refractivity contribution in [3.63, 3.8) is 0 Å². The molecule has 2 aliphatic rings. The van der Waals surface area contributed by atoms with E-state index in [4.69, 9.17) is 0 Å². The van der Waals surface area contributed by atoms with Gasteiger partial charge in [0.2, 0.25) is 5.91 Å². The molecule has 0 aromatic carbocycles. The standard InChI is InChI=1S/C21H37N7O.HI/c1-18(20(29)27-11-6-7-12-27)25-14-16-28(17-15-25)21(22-3)24-8-4-5-10-26-13-9-23-19(26)2;/h9,13,18H,4-8,10-12,14-17H2,1-3H3,(H,22,24);1H. The van der Waals surface area contributed by atoms with Crippen LogP contribution in [0.5, 0.6) is 0 Å². The molecule has 9 heteroatoms. The third kappa shape index (κ3) is 6.57. The minimum Gasteiger partial charge on any atom is -0.356 e. The van der Waals surface area contributed by atoms with Crippen LogP contribution in [0.15, 0.2) is 17.4 Å². The number of hydrogen-bond acceptors (Lipinski definition) is 4. The zero-order chi connectivity index (χ0) is 20.6. The number of halogens is 1. The molecule has 2 saturated heterocycles. The van der Waals surface area contributed by atoms with Gasteiger partial charge in [0.15, 0.2) is 5.96 Å². The SMILES string of the molecule is CN=C(NCCCCn1ccnc1C)N1CCN(C(C)C(=O)N2CCCC2)CC1.I. The van der Waals surface area contributed by atoms with Gasteiger partial charge in [-0.2, -0.15) is 0 Å². The fourth-order valence-corrected chi connectivity index (χ4v) is 4.26. The Labute approximate surface area is 198 Å². The van der Waals surface area contributed by atoms with E-state index in [1.165, 1.54) is 0 Å². The van der Waals surface area contributed by atoms with Gasteiger partial charge in [0.05, 0.1) is 6.04 Å². The number of amides is 1. The number of aliphatic imine (C=N–C) groups is 1. The smallest absolute Gasteiger partial charge is 0.239 e. The quantitative estimate of drug-likeness (QED) is 0.252. The Morgan fingerprint density at radius 1 is 1.13 bits per heavy atom. The van der Waals surface area contributed by atoms with Crippen molar-refractivity contribution in [3.8, 4) is 0 Å². The maximum Gasteiger partial charge on any atom is 0.239 e. The summed E-state index contributed by atoms with van der Waals surface area (Å²) in [7, 11) is 1.85. The number of carbonyl (C=O) groups is 1. The first-order chi connectivity index (χ1) is 14.1. The van der Waals surface area contributed by atoms with Gasteiger partial charge in [0.25, 0.3) is 0 Å². The van der Waals surface area contributed by atoms with Crippen LogP contribution < -0.4 is 5.32 Å². The molecule has 170 valence electrons. The molecule has 30 heavy (non-hydrogen) atoms. The normalized spacial score (nSPS) is 19.0. The van der Waals surface area contributed by atoms with E-state index in [1.807, 2.05) is 31.3 Å². The maximum absolute atomic E-state index is 12.7. The van der Waals surface area contributed by atoms with Gasteiger partial charge in [-0.1, -0.05) is 0 Å². The number of guanidine groups is 1. The number of carbonyl (C=O) groups excluding carboxylic acids is 1. The Morgan fingerprint density at radius 2 is 1.83 bits per heavy atom. The second kappa shape index (κ2) is 12.5. The lowest BCUT2D eigenvalue weighted by Crippen LogP contribution is -2.57. The molecule has 3 heterocycles. The lowest BCUT2D eigenvalue weighted by atomic mass is 10.2. The van der Waals surface area contributed by atoms with Crippen LogP contribution >= 0.6 is 24.0 Å². The average Bonchev–Trinajstić information content (AvgIpc) is 3.42. The van der Waals surface area contributed by atoms with Crippen molar-refractivity contribution in [2.45, 2.75) is 52.1 Å². The van der Waals surface area contributed by atoms with E-state index < -0.39 is 0 Å². The zero-order valence-electron chi connectivity index (χ0n) is 18.7. The number of nitrogens with one attached hydrogen (secondary N) is 1. The Bertz CT molecular complexity index is 679. The molecule has 0 bridgehead atoms. The van der Waals surface area contributed by atoms with E-state index >= 15 is 0 Å². The third-order valence-corrected chi connectivity index (χ3v) is 6.18. The number of nitrogens with zero attached hydrogens (tertiary/aromatic N) is 6. The van der Waals surface area contributed by atoms with Gasteiger partial charge in [-0.05, 0) is 39.5 Å². The van der Waals surface area contributed by atoms with Crippen LogP contribution in [0.4, 0.5) is 0 Å². The number of imidazole rings is 1. The molecule has 3 rings (SSSR count). The summed E-state index contributed by atoms with van der Waals surface area (Å²) >= 11 is 0. The van der Waals surface area contributed by atoms with E-state index in [0.29, 0.717) is 5.91 Å².